The largest absolute Gasteiger partial charge is 0.424 e. The molecule has 0 radical (unpaired) electrons. The summed E-state index contributed by atoms with van der Waals surface area (Å²) in [7, 11) is 1.42. The van der Waals surface area contributed by atoms with Gasteiger partial charge >= 0.3 is 6.18 Å². The predicted octanol–water partition coefficient (Wildman–Crippen LogP) is 1.28. The minimum atomic E-state index is -4.83. The first-order valence-corrected chi connectivity index (χ1v) is 7.59. The number of imidazole rings is 1. The normalized spacial score (nSPS) is 18.6. The van der Waals surface area contributed by atoms with Crippen molar-refractivity contribution < 1.29 is 18.3 Å². The average molecular weight is 333 g/mol. The van der Waals surface area contributed by atoms with Gasteiger partial charge in [0.25, 0.3) is 0 Å². The zero-order chi connectivity index (χ0) is 17.1. The van der Waals surface area contributed by atoms with Crippen molar-refractivity contribution in [3.8, 4) is 0 Å². The van der Waals surface area contributed by atoms with Gasteiger partial charge in [0.15, 0.2) is 5.96 Å². The van der Waals surface area contributed by atoms with Gasteiger partial charge in [-0.3, -0.25) is 4.99 Å². The topological polar surface area (TPSA) is 74.5 Å². The van der Waals surface area contributed by atoms with Crippen molar-refractivity contribution in [1.29, 1.82) is 0 Å². The Bertz CT molecular complexity index is 553. The van der Waals surface area contributed by atoms with E-state index in [0.717, 1.165) is 12.8 Å². The fourth-order valence-corrected chi connectivity index (χ4v) is 2.21. The maximum Gasteiger partial charge on any atom is 0.424 e. The molecule has 6 nitrogen and oxygen atoms in total. The summed E-state index contributed by atoms with van der Waals surface area (Å²) in [6.45, 7) is 2.32. The molecule has 0 aromatic carbocycles. The van der Waals surface area contributed by atoms with Crippen LogP contribution in [0.3, 0.4) is 0 Å². The number of aryl methyl sites for hydroxylation is 1. The highest BCUT2D eigenvalue weighted by molar-refractivity contribution is 5.80. The second kappa shape index (κ2) is 6.77. The zero-order valence-corrected chi connectivity index (χ0v) is 13.2. The number of halogens is 3. The molecule has 0 saturated heterocycles. The molecule has 1 aromatic rings. The molecule has 0 bridgehead atoms. The van der Waals surface area contributed by atoms with Crippen molar-refractivity contribution in [2.45, 2.75) is 44.0 Å². The Kier molecular flexibility index (Phi) is 5.18. The van der Waals surface area contributed by atoms with Crippen LogP contribution in [0.5, 0.6) is 0 Å². The van der Waals surface area contributed by atoms with Crippen molar-refractivity contribution in [3.05, 3.63) is 18.2 Å². The Morgan fingerprint density at radius 3 is 2.65 bits per heavy atom. The molecule has 1 saturated carbocycles. The minimum absolute atomic E-state index is 0.176. The van der Waals surface area contributed by atoms with Crippen molar-refractivity contribution in [3.63, 3.8) is 0 Å². The van der Waals surface area contributed by atoms with Crippen LogP contribution in [0.2, 0.25) is 0 Å². The summed E-state index contributed by atoms with van der Waals surface area (Å²) in [5, 5.41) is 16.3. The number of nitrogens with zero attached hydrogens (tertiary/aromatic N) is 3. The van der Waals surface area contributed by atoms with Crippen LogP contribution >= 0.6 is 0 Å². The van der Waals surface area contributed by atoms with Crippen LogP contribution in [-0.2, 0) is 12.6 Å². The first-order chi connectivity index (χ1) is 10.8. The molecule has 0 spiro atoms. The summed E-state index contributed by atoms with van der Waals surface area (Å²) in [6.07, 6.45) is -0.761. The first kappa shape index (κ1) is 17.6. The van der Waals surface area contributed by atoms with Gasteiger partial charge in [-0.25, -0.2) is 4.98 Å². The lowest BCUT2D eigenvalue weighted by Gasteiger charge is -2.29. The van der Waals surface area contributed by atoms with Crippen LogP contribution < -0.4 is 10.6 Å². The van der Waals surface area contributed by atoms with Crippen molar-refractivity contribution in [2.24, 2.45) is 12.0 Å². The molecule has 1 fully saturated rings. The Balaban J connectivity index is 2.10. The number of rotatable bonds is 6. The number of aliphatic imine (C=N–C) groups is 1. The maximum absolute atomic E-state index is 13.4. The van der Waals surface area contributed by atoms with E-state index < -0.39 is 24.0 Å². The van der Waals surface area contributed by atoms with Gasteiger partial charge in [-0.2, -0.15) is 13.2 Å². The third-order valence-electron chi connectivity index (χ3n) is 3.67. The molecule has 1 aromatic heterocycles. The Hall–Kier alpha value is -1.77. The van der Waals surface area contributed by atoms with Crippen LogP contribution in [0.15, 0.2) is 17.4 Å². The molecule has 3 N–H and O–H groups in total. The Labute approximate surface area is 132 Å². The van der Waals surface area contributed by atoms with Gasteiger partial charge in [0.05, 0.1) is 0 Å². The monoisotopic (exact) mass is 333 g/mol. The molecule has 1 unspecified atom stereocenters. The van der Waals surface area contributed by atoms with Gasteiger partial charge in [-0.15, -0.1) is 0 Å². The summed E-state index contributed by atoms with van der Waals surface area (Å²) in [6, 6.07) is 0.337. The Morgan fingerprint density at radius 1 is 1.48 bits per heavy atom. The molecule has 1 aliphatic carbocycles. The summed E-state index contributed by atoms with van der Waals surface area (Å²) in [5.74, 6) is 0.0414. The van der Waals surface area contributed by atoms with Crippen LogP contribution in [0.1, 0.15) is 32.0 Å². The van der Waals surface area contributed by atoms with E-state index in [-0.39, 0.29) is 6.54 Å². The number of aromatic nitrogens is 2. The lowest BCUT2D eigenvalue weighted by molar-refractivity contribution is -0.272. The van der Waals surface area contributed by atoms with E-state index in [4.69, 9.17) is 0 Å². The van der Waals surface area contributed by atoms with E-state index in [1.807, 2.05) is 6.92 Å². The number of hydrogen-bond donors (Lipinski definition) is 3. The molecular formula is C14H22F3N5O. The van der Waals surface area contributed by atoms with E-state index in [1.54, 1.807) is 0 Å². The van der Waals surface area contributed by atoms with Gasteiger partial charge in [0.1, 0.15) is 5.82 Å². The second-order valence-corrected chi connectivity index (χ2v) is 5.65. The minimum Gasteiger partial charge on any atom is -0.374 e. The fraction of sp³-hybridized carbons (Fsp3) is 0.714. The van der Waals surface area contributed by atoms with Gasteiger partial charge in [0, 0.05) is 45.0 Å². The van der Waals surface area contributed by atoms with E-state index >= 15 is 0 Å². The molecule has 0 aliphatic heterocycles. The molecule has 23 heavy (non-hydrogen) atoms. The highest BCUT2D eigenvalue weighted by Crippen LogP contribution is 2.40. The molecule has 1 heterocycles. The molecule has 1 atom stereocenters. The van der Waals surface area contributed by atoms with Crippen molar-refractivity contribution in [2.75, 3.05) is 13.1 Å². The van der Waals surface area contributed by atoms with E-state index in [2.05, 4.69) is 20.6 Å². The number of nitrogens with one attached hydrogen (secondary N) is 2. The highest BCUT2D eigenvalue weighted by atomic mass is 19.4. The summed E-state index contributed by atoms with van der Waals surface area (Å²) >= 11 is 0. The molecule has 1 aliphatic rings. The highest BCUT2D eigenvalue weighted by Gasteiger charge is 2.57. The quantitative estimate of drug-likeness (QED) is 0.542. The molecule has 0 amide bonds. The zero-order valence-electron chi connectivity index (χ0n) is 13.2. The lowest BCUT2D eigenvalue weighted by Crippen LogP contribution is -2.45. The average Bonchev–Trinajstić information content (AvgIpc) is 3.16. The number of guanidine groups is 1. The lowest BCUT2D eigenvalue weighted by atomic mass is 9.98. The number of aliphatic hydroxyl groups is 1. The van der Waals surface area contributed by atoms with Crippen molar-refractivity contribution in [1.82, 2.24) is 20.2 Å². The SMILES string of the molecule is CCNC(=NCCC(O)(c1nccn1C)C(F)(F)F)NC1CC1. The third kappa shape index (κ3) is 4.15. The van der Waals surface area contributed by atoms with E-state index in [0.29, 0.717) is 18.5 Å². The van der Waals surface area contributed by atoms with E-state index in [1.165, 1.54) is 24.0 Å². The van der Waals surface area contributed by atoms with Crippen LogP contribution in [0.4, 0.5) is 13.2 Å². The molecule has 130 valence electrons. The third-order valence-corrected chi connectivity index (χ3v) is 3.67. The summed E-state index contributed by atoms with van der Waals surface area (Å²) < 4.78 is 41.2. The van der Waals surface area contributed by atoms with Gasteiger partial charge in [0.2, 0.25) is 5.60 Å². The Morgan fingerprint density at radius 2 is 2.17 bits per heavy atom. The predicted molar refractivity (Wildman–Crippen MR) is 79.9 cm³/mol. The molecular weight excluding hydrogens is 311 g/mol. The molecule has 2 rings (SSSR count). The van der Waals surface area contributed by atoms with Crippen LogP contribution in [-0.4, -0.2) is 45.9 Å². The van der Waals surface area contributed by atoms with Crippen molar-refractivity contribution >= 4 is 5.96 Å². The van der Waals surface area contributed by atoms with Gasteiger partial charge in [-0.05, 0) is 19.8 Å². The van der Waals surface area contributed by atoms with Crippen LogP contribution in [0, 0.1) is 0 Å². The first-order valence-electron chi connectivity index (χ1n) is 7.59. The second-order valence-electron chi connectivity index (χ2n) is 5.65. The number of hydrogen-bond acceptors (Lipinski definition) is 3. The maximum atomic E-state index is 13.4. The standard InChI is InChI=1S/C14H22F3N5O/c1-3-18-12(21-10-4-5-10)20-7-6-13(23,14(15,16)17)11-19-8-9-22(11)2/h8-10,23H,3-7H2,1-2H3,(H2,18,20,21). The van der Waals surface area contributed by atoms with Gasteiger partial charge in [-0.1, -0.05) is 0 Å². The summed E-state index contributed by atoms with van der Waals surface area (Å²) in [5.41, 5.74) is -3.02. The van der Waals surface area contributed by atoms with Gasteiger partial charge < -0.3 is 20.3 Å². The smallest absolute Gasteiger partial charge is 0.374 e. The number of alkyl halides is 3. The van der Waals surface area contributed by atoms with Crippen LogP contribution in [0.25, 0.3) is 0 Å². The summed E-state index contributed by atoms with van der Waals surface area (Å²) in [4.78, 5) is 7.79. The fourth-order valence-electron chi connectivity index (χ4n) is 2.21. The molecule has 9 heteroatoms. The van der Waals surface area contributed by atoms with E-state index in [9.17, 15) is 18.3 Å².